The Bertz CT molecular complexity index is 991. The molecular weight excluding hydrogens is 435 g/mol. The van der Waals surface area contributed by atoms with E-state index in [1.807, 2.05) is 0 Å². The second kappa shape index (κ2) is 7.23. The summed E-state index contributed by atoms with van der Waals surface area (Å²) in [5.74, 6) is -1.14. The van der Waals surface area contributed by atoms with E-state index in [1.165, 1.54) is 12.1 Å². The molecule has 1 heterocycles. The summed E-state index contributed by atoms with van der Waals surface area (Å²) in [6, 6.07) is 6.75. The smallest absolute Gasteiger partial charge is 0.400 e. The molecule has 0 aliphatic rings. The standard InChI is InChI=1S/C13H7Cl3N2O7S/c14-13(15,16)26(23,24)11(10-5-6-12(25-10)18(21)22)7-8-1-3-9(4-2-8)17(19)20/h1-7H/b11-7-. The lowest BCUT2D eigenvalue weighted by Crippen LogP contribution is -2.20. The van der Waals surface area contributed by atoms with E-state index in [2.05, 4.69) is 0 Å². The zero-order valence-electron chi connectivity index (χ0n) is 12.3. The van der Waals surface area contributed by atoms with Gasteiger partial charge in [-0.05, 0) is 29.8 Å². The average Bonchev–Trinajstić information content (AvgIpc) is 3.01. The minimum absolute atomic E-state index is 0.197. The van der Waals surface area contributed by atoms with Crippen LogP contribution in [0.2, 0.25) is 0 Å². The second-order valence-electron chi connectivity index (χ2n) is 4.70. The Balaban J connectivity index is 2.63. The lowest BCUT2D eigenvalue weighted by molar-refractivity contribution is -0.402. The molecule has 1 aromatic carbocycles. The first-order valence-electron chi connectivity index (χ1n) is 6.45. The van der Waals surface area contributed by atoms with Crippen molar-refractivity contribution in [3.8, 4) is 0 Å². The third-order valence-electron chi connectivity index (χ3n) is 3.01. The second-order valence-corrected chi connectivity index (χ2v) is 9.71. The Morgan fingerprint density at radius 2 is 1.58 bits per heavy atom. The molecule has 0 spiro atoms. The van der Waals surface area contributed by atoms with Crippen LogP contribution in [0.4, 0.5) is 11.6 Å². The number of halogens is 3. The lowest BCUT2D eigenvalue weighted by Gasteiger charge is -2.14. The molecule has 0 atom stereocenters. The van der Waals surface area contributed by atoms with Gasteiger partial charge in [-0.3, -0.25) is 20.2 Å². The van der Waals surface area contributed by atoms with E-state index >= 15 is 0 Å². The van der Waals surface area contributed by atoms with Crippen molar-refractivity contribution < 1.29 is 22.7 Å². The normalized spacial score (nSPS) is 12.8. The van der Waals surface area contributed by atoms with Crippen LogP contribution in [0.15, 0.2) is 40.8 Å². The van der Waals surface area contributed by atoms with Crippen molar-refractivity contribution >= 4 is 67.2 Å². The van der Waals surface area contributed by atoms with Gasteiger partial charge in [-0.15, -0.1) is 0 Å². The molecule has 0 unspecified atom stereocenters. The number of alkyl halides is 3. The fourth-order valence-corrected chi connectivity index (χ4v) is 3.47. The van der Waals surface area contributed by atoms with Crippen molar-refractivity contribution in [2.45, 2.75) is 3.12 Å². The largest absolute Gasteiger partial charge is 0.433 e. The van der Waals surface area contributed by atoms with Gasteiger partial charge in [-0.25, -0.2) is 8.42 Å². The lowest BCUT2D eigenvalue weighted by atomic mass is 10.2. The van der Waals surface area contributed by atoms with Gasteiger partial charge in [0.05, 0.1) is 11.0 Å². The Morgan fingerprint density at radius 1 is 1.00 bits per heavy atom. The molecule has 0 amide bonds. The van der Waals surface area contributed by atoms with Crippen molar-refractivity contribution in [1.29, 1.82) is 0 Å². The molecule has 1 aromatic heterocycles. The van der Waals surface area contributed by atoms with E-state index in [1.54, 1.807) is 0 Å². The highest BCUT2D eigenvalue weighted by Gasteiger charge is 2.43. The molecule has 2 rings (SSSR count). The zero-order chi connectivity index (χ0) is 19.7. The first kappa shape index (κ1) is 20.2. The number of non-ortho nitro benzene ring substituents is 1. The third kappa shape index (κ3) is 4.15. The van der Waals surface area contributed by atoms with Crippen molar-refractivity contribution in [3.63, 3.8) is 0 Å². The molecule has 0 fully saturated rings. The predicted octanol–water partition coefficient (Wildman–Crippen LogP) is 4.34. The summed E-state index contributed by atoms with van der Waals surface area (Å²) in [7, 11) is -4.62. The Labute approximate surface area is 161 Å². The summed E-state index contributed by atoms with van der Waals surface area (Å²) in [6.07, 6.45) is 1.02. The summed E-state index contributed by atoms with van der Waals surface area (Å²) in [5.41, 5.74) is -0.0240. The van der Waals surface area contributed by atoms with E-state index < -0.39 is 39.4 Å². The van der Waals surface area contributed by atoms with Crippen LogP contribution in [0.1, 0.15) is 11.3 Å². The fraction of sp³-hybridized carbons (Fsp3) is 0.0769. The van der Waals surface area contributed by atoms with Gasteiger partial charge in [0.25, 0.3) is 8.81 Å². The van der Waals surface area contributed by atoms with E-state index in [4.69, 9.17) is 39.2 Å². The van der Waals surface area contributed by atoms with Crippen molar-refractivity contribution in [1.82, 2.24) is 0 Å². The highest BCUT2D eigenvalue weighted by Crippen LogP contribution is 2.42. The maximum atomic E-state index is 12.5. The van der Waals surface area contributed by atoms with Crippen LogP contribution < -0.4 is 0 Å². The minimum atomic E-state index is -4.62. The summed E-state index contributed by atoms with van der Waals surface area (Å²) < 4.78 is 27.1. The average molecular weight is 442 g/mol. The maximum Gasteiger partial charge on any atom is 0.433 e. The van der Waals surface area contributed by atoms with Gasteiger partial charge < -0.3 is 4.42 Å². The Morgan fingerprint density at radius 3 is 2.00 bits per heavy atom. The van der Waals surface area contributed by atoms with Gasteiger partial charge in [-0.1, -0.05) is 34.8 Å². The quantitative estimate of drug-likeness (QED) is 0.383. The Hall–Kier alpha value is -2.14. The van der Waals surface area contributed by atoms with Gasteiger partial charge in [0.2, 0.25) is 9.84 Å². The summed E-state index contributed by atoms with van der Waals surface area (Å²) in [6.45, 7) is 0. The van der Waals surface area contributed by atoms with E-state index in [-0.39, 0.29) is 11.3 Å². The number of sulfone groups is 1. The molecule has 2 aromatic rings. The molecule has 0 saturated heterocycles. The van der Waals surface area contributed by atoms with E-state index in [0.29, 0.717) is 0 Å². The van der Waals surface area contributed by atoms with Gasteiger partial charge in [-0.2, -0.15) is 0 Å². The predicted molar refractivity (Wildman–Crippen MR) is 95.5 cm³/mol. The molecule has 9 nitrogen and oxygen atoms in total. The first-order valence-corrected chi connectivity index (χ1v) is 9.07. The van der Waals surface area contributed by atoms with Gasteiger partial charge in [0, 0.05) is 12.1 Å². The summed E-state index contributed by atoms with van der Waals surface area (Å²) in [5, 5.41) is 21.4. The highest BCUT2D eigenvalue weighted by molar-refractivity contribution is 8.05. The number of nitro groups is 2. The van der Waals surface area contributed by atoms with E-state index in [9.17, 15) is 28.6 Å². The van der Waals surface area contributed by atoms with Gasteiger partial charge >= 0.3 is 5.88 Å². The number of hydrogen-bond acceptors (Lipinski definition) is 7. The van der Waals surface area contributed by atoms with Crippen LogP contribution in [0.3, 0.4) is 0 Å². The fourth-order valence-electron chi connectivity index (χ4n) is 1.81. The zero-order valence-corrected chi connectivity index (χ0v) is 15.4. The van der Waals surface area contributed by atoms with Crippen LogP contribution in [0.25, 0.3) is 11.0 Å². The van der Waals surface area contributed by atoms with Crippen molar-refractivity contribution in [2.24, 2.45) is 0 Å². The van der Waals surface area contributed by atoms with E-state index in [0.717, 1.165) is 30.3 Å². The Kier molecular flexibility index (Phi) is 5.61. The van der Waals surface area contributed by atoms with Gasteiger partial charge in [0.15, 0.2) is 5.76 Å². The monoisotopic (exact) mass is 440 g/mol. The number of benzene rings is 1. The van der Waals surface area contributed by atoms with Crippen LogP contribution in [0, 0.1) is 20.2 Å². The molecule has 0 radical (unpaired) electrons. The highest BCUT2D eigenvalue weighted by atomic mass is 35.6. The summed E-state index contributed by atoms with van der Waals surface area (Å²) in [4.78, 5) is 19.3. The molecule has 26 heavy (non-hydrogen) atoms. The maximum absolute atomic E-state index is 12.5. The van der Waals surface area contributed by atoms with Crippen LogP contribution in [0.5, 0.6) is 0 Å². The molecule has 0 aliphatic heterocycles. The third-order valence-corrected chi connectivity index (χ3v) is 6.35. The number of rotatable bonds is 5. The number of nitrogens with zero attached hydrogens (tertiary/aromatic N) is 2. The first-order chi connectivity index (χ1) is 11.9. The molecule has 138 valence electrons. The van der Waals surface area contributed by atoms with Crippen LogP contribution in [-0.4, -0.2) is 21.4 Å². The molecular formula is C13H7Cl3N2O7S. The number of furan rings is 1. The van der Waals surface area contributed by atoms with Gasteiger partial charge in [0.1, 0.15) is 9.83 Å². The molecule has 13 heteroatoms. The summed E-state index contributed by atoms with van der Waals surface area (Å²) >= 11 is 16.5. The molecule has 0 N–H and O–H groups in total. The molecule has 0 saturated carbocycles. The topological polar surface area (TPSA) is 134 Å². The van der Waals surface area contributed by atoms with Crippen LogP contribution >= 0.6 is 34.8 Å². The van der Waals surface area contributed by atoms with Crippen molar-refractivity contribution in [3.05, 3.63) is 68.0 Å². The number of hydrogen-bond donors (Lipinski definition) is 0. The SMILES string of the molecule is O=[N+]([O-])c1ccc(/C=C(/c2ccc([N+](=O)[O-])o2)S(=O)(=O)C(Cl)(Cl)Cl)cc1. The number of nitro benzene ring substituents is 1. The van der Waals surface area contributed by atoms with Crippen molar-refractivity contribution in [2.75, 3.05) is 0 Å². The molecule has 0 bridgehead atoms. The molecule has 0 aliphatic carbocycles. The van der Waals surface area contributed by atoms with Crippen LogP contribution in [-0.2, 0) is 9.84 Å². The minimum Gasteiger partial charge on any atom is -0.400 e.